The van der Waals surface area contributed by atoms with Crippen molar-refractivity contribution in [1.29, 1.82) is 0 Å². The third-order valence-corrected chi connectivity index (χ3v) is 6.08. The van der Waals surface area contributed by atoms with E-state index in [1.54, 1.807) is 0 Å². The second-order valence-corrected chi connectivity index (χ2v) is 9.83. The zero-order valence-corrected chi connectivity index (χ0v) is 21.6. The lowest BCUT2D eigenvalue weighted by molar-refractivity contribution is -0.142. The Bertz CT molecular complexity index is 705. The summed E-state index contributed by atoms with van der Waals surface area (Å²) in [6.07, 6.45) is 2.74. The molecular formula is C22H41N5O6S. The van der Waals surface area contributed by atoms with E-state index in [0.717, 1.165) is 0 Å². The van der Waals surface area contributed by atoms with E-state index in [1.165, 1.54) is 11.8 Å². The summed E-state index contributed by atoms with van der Waals surface area (Å²) in [5.41, 5.74) is 11.2. The van der Waals surface area contributed by atoms with Gasteiger partial charge in [-0.1, -0.05) is 34.1 Å². The maximum atomic E-state index is 13.0. The average Bonchev–Trinajstić information content (AvgIpc) is 2.76. The van der Waals surface area contributed by atoms with E-state index >= 15 is 0 Å². The van der Waals surface area contributed by atoms with Crippen molar-refractivity contribution in [3.05, 3.63) is 0 Å². The van der Waals surface area contributed by atoms with Crippen molar-refractivity contribution >= 4 is 41.4 Å². The van der Waals surface area contributed by atoms with Crippen LogP contribution in [-0.4, -0.2) is 70.9 Å². The van der Waals surface area contributed by atoms with Crippen LogP contribution in [0.25, 0.3) is 0 Å². The van der Waals surface area contributed by atoms with Crippen LogP contribution in [0.4, 0.5) is 0 Å². The number of rotatable bonds is 17. The molecule has 5 atom stereocenters. The molecule has 4 amide bonds. The highest BCUT2D eigenvalue weighted by Crippen LogP contribution is 2.09. The number of hydrogen-bond donors (Lipinski definition) is 6. The Morgan fingerprint density at radius 3 is 1.82 bits per heavy atom. The summed E-state index contributed by atoms with van der Waals surface area (Å²) >= 11 is 1.46. The van der Waals surface area contributed by atoms with Gasteiger partial charge in [0, 0.05) is 6.42 Å². The lowest BCUT2D eigenvalue weighted by Crippen LogP contribution is -2.57. The van der Waals surface area contributed by atoms with Crippen LogP contribution in [0.5, 0.6) is 0 Å². The number of carbonyl (C=O) groups is 5. The van der Waals surface area contributed by atoms with Crippen molar-refractivity contribution in [2.24, 2.45) is 23.3 Å². The standard InChI is InChI=1S/C22H41N5O6S/c1-6-13(4)18(24)21(31)26-14(7-8-17(23)28)19(29)25-15(9-10-34-5)20(30)27-16(22(32)33)11-12(2)3/h12-16,18H,6-11,24H2,1-5H3,(H2,23,28)(H,25,29)(H,26,31)(H,27,30)(H,32,33). The van der Waals surface area contributed by atoms with Gasteiger partial charge < -0.3 is 32.5 Å². The minimum absolute atomic E-state index is 0.0313. The Morgan fingerprint density at radius 2 is 1.38 bits per heavy atom. The molecule has 0 radical (unpaired) electrons. The zero-order chi connectivity index (χ0) is 26.4. The molecule has 0 rings (SSSR count). The van der Waals surface area contributed by atoms with E-state index in [9.17, 15) is 29.1 Å². The van der Waals surface area contributed by atoms with Crippen molar-refractivity contribution in [2.75, 3.05) is 12.0 Å². The second kappa shape index (κ2) is 16.3. The number of nitrogens with two attached hydrogens (primary N) is 2. The predicted molar refractivity (Wildman–Crippen MR) is 132 cm³/mol. The Labute approximate surface area is 205 Å². The molecule has 12 heteroatoms. The van der Waals surface area contributed by atoms with Gasteiger partial charge in [0.1, 0.15) is 18.1 Å². The van der Waals surface area contributed by atoms with E-state index in [2.05, 4.69) is 16.0 Å². The average molecular weight is 504 g/mol. The van der Waals surface area contributed by atoms with Crippen LogP contribution in [0, 0.1) is 11.8 Å². The number of hydrogen-bond acceptors (Lipinski definition) is 7. The fourth-order valence-corrected chi connectivity index (χ4v) is 3.55. The minimum Gasteiger partial charge on any atom is -0.480 e. The summed E-state index contributed by atoms with van der Waals surface area (Å²) in [5, 5.41) is 17.1. The number of carboxylic acids is 1. The van der Waals surface area contributed by atoms with Crippen LogP contribution in [0.15, 0.2) is 0 Å². The van der Waals surface area contributed by atoms with Gasteiger partial charge in [0.2, 0.25) is 23.6 Å². The van der Waals surface area contributed by atoms with E-state index < -0.39 is 53.8 Å². The van der Waals surface area contributed by atoms with Gasteiger partial charge in [-0.25, -0.2) is 4.79 Å². The molecule has 0 bridgehead atoms. The predicted octanol–water partition coefficient (Wildman–Crippen LogP) is -0.0365. The molecule has 0 saturated heterocycles. The van der Waals surface area contributed by atoms with Crippen LogP contribution in [0.3, 0.4) is 0 Å². The van der Waals surface area contributed by atoms with Gasteiger partial charge in [-0.3, -0.25) is 19.2 Å². The Kier molecular flexibility index (Phi) is 15.2. The van der Waals surface area contributed by atoms with Crippen molar-refractivity contribution < 1.29 is 29.1 Å². The van der Waals surface area contributed by atoms with Crippen LogP contribution >= 0.6 is 11.8 Å². The summed E-state index contributed by atoms with van der Waals surface area (Å²) in [6, 6.07) is -4.10. The Balaban J connectivity index is 5.56. The van der Waals surface area contributed by atoms with E-state index in [4.69, 9.17) is 11.5 Å². The molecular weight excluding hydrogens is 462 g/mol. The molecule has 0 aromatic carbocycles. The number of nitrogens with one attached hydrogen (secondary N) is 3. The van der Waals surface area contributed by atoms with Gasteiger partial charge in [-0.2, -0.15) is 11.8 Å². The monoisotopic (exact) mass is 503 g/mol. The van der Waals surface area contributed by atoms with E-state index in [-0.39, 0.29) is 37.5 Å². The van der Waals surface area contributed by atoms with Crippen LogP contribution in [-0.2, 0) is 24.0 Å². The SMILES string of the molecule is CCC(C)C(N)C(=O)NC(CCC(N)=O)C(=O)NC(CCSC)C(=O)NC(CC(C)C)C(=O)O. The van der Waals surface area contributed by atoms with E-state index in [1.807, 2.05) is 34.0 Å². The van der Waals surface area contributed by atoms with Crippen molar-refractivity contribution in [3.8, 4) is 0 Å². The number of aliphatic carboxylic acids is 1. The molecule has 0 aliphatic heterocycles. The maximum Gasteiger partial charge on any atom is 0.326 e. The van der Waals surface area contributed by atoms with Crippen molar-refractivity contribution in [1.82, 2.24) is 16.0 Å². The summed E-state index contributed by atoms with van der Waals surface area (Å²) in [6.45, 7) is 7.37. The summed E-state index contributed by atoms with van der Waals surface area (Å²) in [5.74, 6) is -3.24. The van der Waals surface area contributed by atoms with Crippen molar-refractivity contribution in [2.45, 2.75) is 84.0 Å². The third-order valence-electron chi connectivity index (χ3n) is 5.44. The summed E-state index contributed by atoms with van der Waals surface area (Å²) in [7, 11) is 0. The molecule has 0 aromatic heterocycles. The zero-order valence-electron chi connectivity index (χ0n) is 20.8. The fraction of sp³-hybridized carbons (Fsp3) is 0.773. The van der Waals surface area contributed by atoms with Crippen LogP contribution in [0.2, 0.25) is 0 Å². The molecule has 0 saturated carbocycles. The van der Waals surface area contributed by atoms with Gasteiger partial charge in [0.25, 0.3) is 0 Å². The lowest BCUT2D eigenvalue weighted by Gasteiger charge is -2.26. The molecule has 0 aliphatic carbocycles. The highest BCUT2D eigenvalue weighted by Gasteiger charge is 2.31. The largest absolute Gasteiger partial charge is 0.480 e. The molecule has 5 unspecified atom stereocenters. The first kappa shape index (κ1) is 31.7. The van der Waals surface area contributed by atoms with Crippen LogP contribution in [0.1, 0.15) is 59.8 Å². The van der Waals surface area contributed by atoms with Gasteiger partial charge in [0.15, 0.2) is 0 Å². The molecule has 0 aliphatic rings. The molecule has 8 N–H and O–H groups in total. The number of primary amides is 1. The number of thioether (sulfide) groups is 1. The number of carboxylic acid groups (broad SMARTS) is 1. The molecule has 0 aromatic rings. The molecule has 0 heterocycles. The quantitative estimate of drug-likeness (QED) is 0.159. The first-order chi connectivity index (χ1) is 15.8. The molecule has 0 spiro atoms. The highest BCUT2D eigenvalue weighted by atomic mass is 32.2. The topological polar surface area (TPSA) is 194 Å². The van der Waals surface area contributed by atoms with Gasteiger partial charge in [0.05, 0.1) is 6.04 Å². The van der Waals surface area contributed by atoms with Gasteiger partial charge in [-0.15, -0.1) is 0 Å². The first-order valence-electron chi connectivity index (χ1n) is 11.5. The Hall–Kier alpha value is -2.34. The van der Waals surface area contributed by atoms with Crippen molar-refractivity contribution in [3.63, 3.8) is 0 Å². The molecule has 34 heavy (non-hydrogen) atoms. The van der Waals surface area contributed by atoms with E-state index in [0.29, 0.717) is 12.2 Å². The number of amides is 4. The normalized spacial score (nSPS) is 15.5. The fourth-order valence-electron chi connectivity index (χ4n) is 3.08. The molecule has 196 valence electrons. The van der Waals surface area contributed by atoms with Gasteiger partial charge in [-0.05, 0) is 43.1 Å². The number of carbonyl (C=O) groups excluding carboxylic acids is 4. The first-order valence-corrected chi connectivity index (χ1v) is 12.9. The summed E-state index contributed by atoms with van der Waals surface area (Å²) in [4.78, 5) is 61.2. The second-order valence-electron chi connectivity index (χ2n) is 8.85. The third kappa shape index (κ3) is 12.2. The highest BCUT2D eigenvalue weighted by molar-refractivity contribution is 7.98. The summed E-state index contributed by atoms with van der Waals surface area (Å²) < 4.78 is 0. The minimum atomic E-state index is -1.16. The Morgan fingerprint density at radius 1 is 0.882 bits per heavy atom. The molecule has 0 fully saturated rings. The van der Waals surface area contributed by atoms with Crippen LogP contribution < -0.4 is 27.4 Å². The molecule has 11 nitrogen and oxygen atoms in total. The maximum absolute atomic E-state index is 13.0. The van der Waals surface area contributed by atoms with Gasteiger partial charge >= 0.3 is 5.97 Å². The smallest absolute Gasteiger partial charge is 0.326 e. The lowest BCUT2D eigenvalue weighted by atomic mass is 9.98.